The SMILES string of the molecule is CC(C)OC(=O)C1=C(c2ccccc2)NC(=O)NC1c1ccccc1C(F)(F)F. The van der Waals surface area contributed by atoms with E-state index >= 15 is 0 Å². The van der Waals surface area contributed by atoms with Crippen LogP contribution in [0.25, 0.3) is 5.70 Å². The lowest BCUT2D eigenvalue weighted by Gasteiger charge is -2.31. The number of amides is 2. The summed E-state index contributed by atoms with van der Waals surface area (Å²) in [6, 6.07) is 11.2. The number of rotatable bonds is 4. The fraction of sp³-hybridized carbons (Fsp3) is 0.238. The molecule has 2 amide bonds. The molecule has 0 spiro atoms. The number of ether oxygens (including phenoxy) is 1. The van der Waals surface area contributed by atoms with Crippen LogP contribution < -0.4 is 10.6 Å². The van der Waals surface area contributed by atoms with E-state index in [0.29, 0.717) is 5.56 Å². The number of urea groups is 1. The van der Waals surface area contributed by atoms with Crippen molar-refractivity contribution in [1.82, 2.24) is 10.6 Å². The van der Waals surface area contributed by atoms with Crippen molar-refractivity contribution in [2.45, 2.75) is 32.2 Å². The Hall–Kier alpha value is -3.29. The Morgan fingerprint density at radius 2 is 1.66 bits per heavy atom. The normalized spacial score (nSPS) is 17.0. The van der Waals surface area contributed by atoms with Crippen molar-refractivity contribution in [2.75, 3.05) is 0 Å². The van der Waals surface area contributed by atoms with E-state index in [1.807, 2.05) is 0 Å². The van der Waals surface area contributed by atoms with E-state index in [9.17, 15) is 22.8 Å². The smallest absolute Gasteiger partial charge is 0.416 e. The number of halogens is 3. The van der Waals surface area contributed by atoms with Crippen molar-refractivity contribution in [3.63, 3.8) is 0 Å². The van der Waals surface area contributed by atoms with Crippen LogP contribution in [0.2, 0.25) is 0 Å². The Balaban J connectivity index is 2.25. The van der Waals surface area contributed by atoms with Gasteiger partial charge in [-0.2, -0.15) is 13.2 Å². The summed E-state index contributed by atoms with van der Waals surface area (Å²) in [5.74, 6) is -0.812. The molecule has 1 unspecified atom stereocenters. The van der Waals surface area contributed by atoms with Gasteiger partial charge in [-0.25, -0.2) is 9.59 Å². The Bertz CT molecular complexity index is 953. The Morgan fingerprint density at radius 1 is 1.03 bits per heavy atom. The van der Waals surface area contributed by atoms with Crippen LogP contribution in [0.5, 0.6) is 0 Å². The number of esters is 1. The highest BCUT2D eigenvalue weighted by molar-refractivity contribution is 6.04. The molecule has 0 saturated heterocycles. The van der Waals surface area contributed by atoms with Crippen LogP contribution >= 0.6 is 0 Å². The van der Waals surface area contributed by atoms with E-state index in [4.69, 9.17) is 4.74 Å². The molecule has 2 aromatic rings. The molecule has 3 rings (SSSR count). The van der Waals surface area contributed by atoms with Gasteiger partial charge in [-0.15, -0.1) is 0 Å². The molecule has 1 aliphatic heterocycles. The van der Waals surface area contributed by atoms with Crippen molar-refractivity contribution < 1.29 is 27.5 Å². The lowest BCUT2D eigenvalue weighted by atomic mass is 9.89. The highest BCUT2D eigenvalue weighted by Crippen LogP contribution is 2.39. The van der Waals surface area contributed by atoms with E-state index in [1.54, 1.807) is 44.2 Å². The lowest BCUT2D eigenvalue weighted by Crippen LogP contribution is -2.46. The number of benzene rings is 2. The molecule has 29 heavy (non-hydrogen) atoms. The number of hydrogen-bond donors (Lipinski definition) is 2. The minimum Gasteiger partial charge on any atom is -0.459 e. The monoisotopic (exact) mass is 404 g/mol. The summed E-state index contributed by atoms with van der Waals surface area (Å²) < 4.78 is 46.1. The van der Waals surface area contributed by atoms with Gasteiger partial charge in [0.05, 0.1) is 29.0 Å². The summed E-state index contributed by atoms with van der Waals surface area (Å²) in [4.78, 5) is 25.2. The van der Waals surface area contributed by atoms with Gasteiger partial charge in [0, 0.05) is 0 Å². The fourth-order valence-electron chi connectivity index (χ4n) is 3.13. The van der Waals surface area contributed by atoms with Crippen molar-refractivity contribution >= 4 is 17.7 Å². The maximum absolute atomic E-state index is 13.6. The first-order valence-corrected chi connectivity index (χ1v) is 8.92. The Labute approximate surface area is 165 Å². The number of carbonyl (C=O) groups excluding carboxylic acids is 2. The van der Waals surface area contributed by atoms with Crippen molar-refractivity contribution in [2.24, 2.45) is 0 Å². The first-order chi connectivity index (χ1) is 13.7. The fourth-order valence-corrected chi connectivity index (χ4v) is 3.13. The van der Waals surface area contributed by atoms with Gasteiger partial charge in [0.25, 0.3) is 0 Å². The lowest BCUT2D eigenvalue weighted by molar-refractivity contribution is -0.143. The molecule has 0 saturated carbocycles. The predicted molar refractivity (Wildman–Crippen MR) is 100 cm³/mol. The third-order valence-electron chi connectivity index (χ3n) is 4.27. The van der Waals surface area contributed by atoms with Crippen molar-refractivity contribution in [1.29, 1.82) is 0 Å². The minimum atomic E-state index is -4.66. The maximum atomic E-state index is 13.6. The molecule has 0 fully saturated rings. The molecule has 2 N–H and O–H groups in total. The third-order valence-corrected chi connectivity index (χ3v) is 4.27. The van der Waals surface area contributed by atoms with E-state index < -0.39 is 35.9 Å². The molecule has 0 aromatic heterocycles. The molecule has 8 heteroatoms. The van der Waals surface area contributed by atoms with Crippen molar-refractivity contribution in [3.05, 3.63) is 76.9 Å². The standard InChI is InChI=1S/C21H19F3N2O3/c1-12(2)29-19(27)16-17(13-8-4-3-5-9-13)25-20(28)26-18(16)14-10-6-7-11-15(14)21(22,23)24/h3-12,18H,1-2H3,(H2,25,26,28). The molecule has 1 atom stereocenters. The molecule has 5 nitrogen and oxygen atoms in total. The predicted octanol–water partition coefficient (Wildman–Crippen LogP) is 4.42. The van der Waals surface area contributed by atoms with Crippen LogP contribution in [0, 0.1) is 0 Å². The van der Waals surface area contributed by atoms with E-state index in [-0.39, 0.29) is 16.8 Å². The largest absolute Gasteiger partial charge is 0.459 e. The van der Waals surface area contributed by atoms with Gasteiger partial charge in [-0.05, 0) is 31.0 Å². The summed E-state index contributed by atoms with van der Waals surface area (Å²) in [6.07, 6.45) is -5.16. The first kappa shape index (κ1) is 20.4. The Kier molecular flexibility index (Phi) is 5.63. The van der Waals surface area contributed by atoms with Crippen LogP contribution in [-0.2, 0) is 15.7 Å². The van der Waals surface area contributed by atoms with Gasteiger partial charge in [0.15, 0.2) is 0 Å². The zero-order valence-electron chi connectivity index (χ0n) is 15.7. The van der Waals surface area contributed by atoms with Gasteiger partial charge >= 0.3 is 18.2 Å². The summed E-state index contributed by atoms with van der Waals surface area (Å²) in [7, 11) is 0. The van der Waals surface area contributed by atoms with Crippen LogP contribution in [0.1, 0.15) is 36.6 Å². The molecule has 0 aliphatic carbocycles. The second-order valence-corrected chi connectivity index (χ2v) is 6.73. The average Bonchev–Trinajstić information content (AvgIpc) is 2.66. The second-order valence-electron chi connectivity index (χ2n) is 6.73. The zero-order chi connectivity index (χ0) is 21.2. The van der Waals surface area contributed by atoms with Crippen LogP contribution in [0.4, 0.5) is 18.0 Å². The molecule has 2 aromatic carbocycles. The van der Waals surface area contributed by atoms with Gasteiger partial charge in [0.1, 0.15) is 0 Å². The van der Waals surface area contributed by atoms with Gasteiger partial charge in [0.2, 0.25) is 0 Å². The van der Waals surface area contributed by atoms with E-state index in [2.05, 4.69) is 10.6 Å². The zero-order valence-corrected chi connectivity index (χ0v) is 15.7. The molecular formula is C21H19F3N2O3. The summed E-state index contributed by atoms with van der Waals surface area (Å²) in [5, 5.41) is 4.98. The first-order valence-electron chi connectivity index (χ1n) is 8.92. The summed E-state index contributed by atoms with van der Waals surface area (Å²) in [6.45, 7) is 3.27. The highest BCUT2D eigenvalue weighted by atomic mass is 19.4. The molecule has 1 heterocycles. The van der Waals surface area contributed by atoms with Gasteiger partial charge in [-0.3, -0.25) is 0 Å². The third kappa shape index (κ3) is 4.42. The maximum Gasteiger partial charge on any atom is 0.416 e. The summed E-state index contributed by atoms with van der Waals surface area (Å²) >= 11 is 0. The number of carbonyl (C=O) groups is 2. The molecular weight excluding hydrogens is 385 g/mol. The number of alkyl halides is 3. The second kappa shape index (κ2) is 7.98. The molecule has 0 bridgehead atoms. The molecule has 152 valence electrons. The van der Waals surface area contributed by atoms with Gasteiger partial charge < -0.3 is 15.4 Å². The number of hydrogen-bond acceptors (Lipinski definition) is 3. The van der Waals surface area contributed by atoms with E-state index in [1.165, 1.54) is 18.2 Å². The Morgan fingerprint density at radius 3 is 2.28 bits per heavy atom. The highest BCUT2D eigenvalue weighted by Gasteiger charge is 2.40. The van der Waals surface area contributed by atoms with Crippen LogP contribution in [-0.4, -0.2) is 18.1 Å². The minimum absolute atomic E-state index is 0.0961. The number of nitrogens with one attached hydrogen (secondary N) is 2. The summed E-state index contributed by atoms with van der Waals surface area (Å²) in [5.41, 5.74) is -0.677. The van der Waals surface area contributed by atoms with Crippen molar-refractivity contribution in [3.8, 4) is 0 Å². The van der Waals surface area contributed by atoms with E-state index in [0.717, 1.165) is 6.07 Å². The van der Waals surface area contributed by atoms with Crippen LogP contribution in [0.15, 0.2) is 60.2 Å². The topological polar surface area (TPSA) is 67.4 Å². The quantitative estimate of drug-likeness (QED) is 0.742. The molecule has 1 aliphatic rings. The van der Waals surface area contributed by atoms with Crippen LogP contribution in [0.3, 0.4) is 0 Å². The van der Waals surface area contributed by atoms with Gasteiger partial charge in [-0.1, -0.05) is 48.5 Å². The molecule has 0 radical (unpaired) electrons. The average molecular weight is 404 g/mol.